The van der Waals surface area contributed by atoms with Crippen molar-refractivity contribution in [1.29, 1.82) is 0 Å². The lowest BCUT2D eigenvalue weighted by molar-refractivity contribution is -0.138. The molecule has 3 fully saturated rings. The van der Waals surface area contributed by atoms with Crippen LogP contribution in [0.1, 0.15) is 25.7 Å². The normalized spacial score (nSPS) is 36.8. The molecule has 2 amide bonds. The second-order valence-electron chi connectivity index (χ2n) is 5.32. The molecule has 3 aliphatic heterocycles. The van der Waals surface area contributed by atoms with Gasteiger partial charge in [0, 0.05) is 32.1 Å². The largest absolute Gasteiger partial charge is 0.344 e. The van der Waals surface area contributed by atoms with Crippen molar-refractivity contribution in [3.63, 3.8) is 0 Å². The SMILES string of the molecule is O=C1CCC(C(=O)N2CCCC3CNCC32)N1. The summed E-state index contributed by atoms with van der Waals surface area (Å²) < 4.78 is 0. The molecule has 0 saturated carbocycles. The van der Waals surface area contributed by atoms with E-state index in [1.807, 2.05) is 4.90 Å². The lowest BCUT2D eigenvalue weighted by Crippen LogP contribution is -2.53. The first kappa shape index (κ1) is 11.0. The standard InChI is InChI=1S/C12H19N3O2/c16-11-4-3-9(14-11)12(17)15-5-1-2-8-6-13-7-10(8)15/h8-10,13H,1-7H2,(H,14,16). The van der Waals surface area contributed by atoms with Gasteiger partial charge in [0.1, 0.15) is 6.04 Å². The average molecular weight is 237 g/mol. The second kappa shape index (κ2) is 4.29. The van der Waals surface area contributed by atoms with Crippen LogP contribution in [0, 0.1) is 5.92 Å². The third kappa shape index (κ3) is 1.92. The molecule has 94 valence electrons. The molecule has 3 aliphatic rings. The fourth-order valence-electron chi connectivity index (χ4n) is 3.34. The van der Waals surface area contributed by atoms with Crippen molar-refractivity contribution in [3.05, 3.63) is 0 Å². The Morgan fingerprint density at radius 3 is 2.94 bits per heavy atom. The summed E-state index contributed by atoms with van der Waals surface area (Å²) >= 11 is 0. The van der Waals surface area contributed by atoms with Crippen LogP contribution >= 0.6 is 0 Å². The molecule has 0 spiro atoms. The van der Waals surface area contributed by atoms with Gasteiger partial charge in [-0.15, -0.1) is 0 Å². The number of carbonyl (C=O) groups is 2. The second-order valence-corrected chi connectivity index (χ2v) is 5.32. The highest BCUT2D eigenvalue weighted by molar-refractivity contribution is 5.91. The van der Waals surface area contributed by atoms with Crippen LogP contribution in [0.25, 0.3) is 0 Å². The highest BCUT2D eigenvalue weighted by atomic mass is 16.2. The molecule has 0 aromatic rings. The smallest absolute Gasteiger partial charge is 0.245 e. The first-order valence-electron chi connectivity index (χ1n) is 6.56. The molecule has 3 rings (SSSR count). The molecule has 0 aliphatic carbocycles. The van der Waals surface area contributed by atoms with Crippen molar-refractivity contribution >= 4 is 11.8 Å². The Labute approximate surface area is 101 Å². The van der Waals surface area contributed by atoms with Crippen LogP contribution in [0.15, 0.2) is 0 Å². The predicted octanol–water partition coefficient (Wildman–Crippen LogP) is -0.525. The van der Waals surface area contributed by atoms with Crippen LogP contribution in [-0.4, -0.2) is 48.4 Å². The molecule has 5 heteroatoms. The van der Waals surface area contributed by atoms with Crippen LogP contribution in [0.4, 0.5) is 0 Å². The molecular formula is C12H19N3O2. The van der Waals surface area contributed by atoms with Crippen molar-refractivity contribution in [2.75, 3.05) is 19.6 Å². The lowest BCUT2D eigenvalue weighted by atomic mass is 9.91. The van der Waals surface area contributed by atoms with Crippen molar-refractivity contribution < 1.29 is 9.59 Å². The minimum absolute atomic E-state index is 0.0152. The average Bonchev–Trinajstić information content (AvgIpc) is 2.95. The van der Waals surface area contributed by atoms with Crippen molar-refractivity contribution in [3.8, 4) is 0 Å². The zero-order valence-electron chi connectivity index (χ0n) is 9.95. The molecule has 0 radical (unpaired) electrons. The minimum Gasteiger partial charge on any atom is -0.344 e. The van der Waals surface area contributed by atoms with Crippen LogP contribution < -0.4 is 10.6 Å². The topological polar surface area (TPSA) is 61.4 Å². The van der Waals surface area contributed by atoms with Crippen LogP contribution in [0.2, 0.25) is 0 Å². The van der Waals surface area contributed by atoms with Crippen molar-refractivity contribution in [2.45, 2.75) is 37.8 Å². The maximum Gasteiger partial charge on any atom is 0.245 e. The number of piperidine rings is 1. The maximum atomic E-state index is 12.4. The molecule has 3 atom stereocenters. The van der Waals surface area contributed by atoms with Crippen LogP contribution in [-0.2, 0) is 9.59 Å². The summed E-state index contributed by atoms with van der Waals surface area (Å²) in [7, 11) is 0. The number of hydrogen-bond acceptors (Lipinski definition) is 3. The summed E-state index contributed by atoms with van der Waals surface area (Å²) in [6, 6.07) is 0.0932. The first-order chi connectivity index (χ1) is 8.25. The molecule has 0 aromatic carbocycles. The molecule has 3 heterocycles. The van der Waals surface area contributed by atoms with Gasteiger partial charge >= 0.3 is 0 Å². The molecular weight excluding hydrogens is 218 g/mol. The molecule has 5 nitrogen and oxygen atoms in total. The van der Waals surface area contributed by atoms with Crippen molar-refractivity contribution in [2.24, 2.45) is 5.92 Å². The lowest BCUT2D eigenvalue weighted by Gasteiger charge is -2.38. The Morgan fingerprint density at radius 2 is 2.18 bits per heavy atom. The highest BCUT2D eigenvalue weighted by Gasteiger charge is 2.40. The van der Waals surface area contributed by atoms with Gasteiger partial charge in [-0.2, -0.15) is 0 Å². The maximum absolute atomic E-state index is 12.4. The highest BCUT2D eigenvalue weighted by Crippen LogP contribution is 2.27. The molecule has 0 aromatic heterocycles. The number of fused-ring (bicyclic) bond motifs is 1. The van der Waals surface area contributed by atoms with Gasteiger partial charge in [-0.3, -0.25) is 9.59 Å². The Kier molecular flexibility index (Phi) is 2.78. The van der Waals surface area contributed by atoms with E-state index in [0.717, 1.165) is 26.1 Å². The molecule has 0 bridgehead atoms. The van der Waals surface area contributed by atoms with Gasteiger partial charge in [-0.05, 0) is 25.2 Å². The van der Waals surface area contributed by atoms with E-state index < -0.39 is 0 Å². The number of rotatable bonds is 1. The van der Waals surface area contributed by atoms with E-state index >= 15 is 0 Å². The molecule has 3 saturated heterocycles. The van der Waals surface area contributed by atoms with E-state index in [0.29, 0.717) is 24.8 Å². The van der Waals surface area contributed by atoms with Gasteiger partial charge in [0.15, 0.2) is 0 Å². The predicted molar refractivity (Wildman–Crippen MR) is 62.3 cm³/mol. The fourth-order valence-corrected chi connectivity index (χ4v) is 3.34. The number of likely N-dealkylation sites (tertiary alicyclic amines) is 1. The fraction of sp³-hybridized carbons (Fsp3) is 0.833. The van der Waals surface area contributed by atoms with Gasteiger partial charge in [-0.1, -0.05) is 0 Å². The van der Waals surface area contributed by atoms with Gasteiger partial charge in [-0.25, -0.2) is 0 Å². The van der Waals surface area contributed by atoms with E-state index in [2.05, 4.69) is 10.6 Å². The number of nitrogens with zero attached hydrogens (tertiary/aromatic N) is 1. The third-order valence-electron chi connectivity index (χ3n) is 4.25. The number of nitrogens with one attached hydrogen (secondary N) is 2. The Balaban J connectivity index is 1.70. The molecule has 17 heavy (non-hydrogen) atoms. The Hall–Kier alpha value is -1.10. The zero-order chi connectivity index (χ0) is 11.8. The van der Waals surface area contributed by atoms with Gasteiger partial charge < -0.3 is 15.5 Å². The van der Waals surface area contributed by atoms with E-state index in [1.54, 1.807) is 0 Å². The van der Waals surface area contributed by atoms with Crippen LogP contribution in [0.5, 0.6) is 0 Å². The van der Waals surface area contributed by atoms with E-state index in [9.17, 15) is 9.59 Å². The summed E-state index contributed by atoms with van der Waals surface area (Å²) in [5, 5.41) is 6.15. The van der Waals surface area contributed by atoms with E-state index in [4.69, 9.17) is 0 Å². The zero-order valence-corrected chi connectivity index (χ0v) is 9.95. The van der Waals surface area contributed by atoms with Gasteiger partial charge in [0.25, 0.3) is 0 Å². The summed E-state index contributed by atoms with van der Waals surface area (Å²) in [6.07, 6.45) is 3.48. The monoisotopic (exact) mass is 237 g/mol. The summed E-state index contributed by atoms with van der Waals surface area (Å²) in [4.78, 5) is 25.6. The summed E-state index contributed by atoms with van der Waals surface area (Å²) in [5.74, 6) is 0.764. The van der Waals surface area contributed by atoms with Gasteiger partial charge in [0.2, 0.25) is 11.8 Å². The van der Waals surface area contributed by atoms with Crippen LogP contribution in [0.3, 0.4) is 0 Å². The van der Waals surface area contributed by atoms with E-state index in [1.165, 1.54) is 6.42 Å². The van der Waals surface area contributed by atoms with Crippen molar-refractivity contribution in [1.82, 2.24) is 15.5 Å². The number of amides is 2. The van der Waals surface area contributed by atoms with Gasteiger partial charge in [0.05, 0.1) is 0 Å². The third-order valence-corrected chi connectivity index (χ3v) is 4.25. The molecule has 3 unspecified atom stereocenters. The summed E-state index contributed by atoms with van der Waals surface area (Å²) in [6.45, 7) is 2.80. The first-order valence-corrected chi connectivity index (χ1v) is 6.56. The number of carbonyl (C=O) groups excluding carboxylic acids is 2. The Morgan fingerprint density at radius 1 is 1.29 bits per heavy atom. The Bertz CT molecular complexity index is 345. The quantitative estimate of drug-likeness (QED) is 0.645. The molecule has 2 N–H and O–H groups in total. The van der Waals surface area contributed by atoms with E-state index in [-0.39, 0.29) is 17.9 Å². The minimum atomic E-state index is -0.262. The summed E-state index contributed by atoms with van der Waals surface area (Å²) in [5.41, 5.74) is 0. The number of hydrogen-bond donors (Lipinski definition) is 2.